The van der Waals surface area contributed by atoms with Gasteiger partial charge in [-0.25, -0.2) is 0 Å². The minimum Gasteiger partial charge on any atom is -0.402 e. The summed E-state index contributed by atoms with van der Waals surface area (Å²) in [7, 11) is 0. The van der Waals surface area contributed by atoms with Gasteiger partial charge in [-0.1, -0.05) is 42.3 Å². The van der Waals surface area contributed by atoms with Crippen LogP contribution in [0.2, 0.25) is 0 Å². The first kappa shape index (κ1) is 21.2. The van der Waals surface area contributed by atoms with Crippen molar-refractivity contribution in [2.75, 3.05) is 0 Å². The van der Waals surface area contributed by atoms with Crippen LogP contribution in [0.1, 0.15) is 63.5 Å². The van der Waals surface area contributed by atoms with Crippen LogP contribution >= 0.6 is 0 Å². The molecule has 2 unspecified atom stereocenters. The molecule has 2 amide bonds. The molecule has 0 saturated carbocycles. The van der Waals surface area contributed by atoms with Gasteiger partial charge in [0.1, 0.15) is 0 Å². The molecule has 0 radical (unpaired) electrons. The monoisotopic (exact) mass is 395 g/mol. The van der Waals surface area contributed by atoms with Gasteiger partial charge in [-0.3, -0.25) is 9.59 Å². The third kappa shape index (κ3) is 5.28. The van der Waals surface area contributed by atoms with Crippen LogP contribution in [-0.4, -0.2) is 17.9 Å². The molecular formula is C24H33N3O2. The Bertz CT molecular complexity index is 836. The Hall–Kier alpha value is -2.56. The van der Waals surface area contributed by atoms with E-state index in [9.17, 15) is 9.59 Å². The van der Waals surface area contributed by atoms with Crippen molar-refractivity contribution in [3.8, 4) is 0 Å². The van der Waals surface area contributed by atoms with Crippen LogP contribution in [-0.2, 0) is 16.1 Å². The lowest BCUT2D eigenvalue weighted by molar-refractivity contribution is -0.119. The standard InChI is InChI=1S/C24H33N3O2/c1-4-16(3)23(24(29)26-14-17-7-5-15(2)6-8-17)20-12-18(13-21(20)25)11-19-9-10-22(28)27-19/h5-8,18-19H,4,9-14,25H2,1-3H3,(H,26,29)(H,27,28). The fourth-order valence-electron chi connectivity index (χ4n) is 4.35. The highest BCUT2D eigenvalue weighted by Gasteiger charge is 2.32. The van der Waals surface area contributed by atoms with E-state index < -0.39 is 0 Å². The molecule has 5 heteroatoms. The molecule has 1 heterocycles. The summed E-state index contributed by atoms with van der Waals surface area (Å²) in [4.78, 5) is 24.6. The molecule has 1 aliphatic carbocycles. The highest BCUT2D eigenvalue weighted by Crippen LogP contribution is 2.38. The van der Waals surface area contributed by atoms with Crippen molar-refractivity contribution in [3.05, 3.63) is 57.8 Å². The summed E-state index contributed by atoms with van der Waals surface area (Å²) in [6.07, 6.45) is 4.87. The minimum absolute atomic E-state index is 0.0438. The Morgan fingerprint density at radius 3 is 2.59 bits per heavy atom. The number of allylic oxidation sites excluding steroid dienone is 2. The van der Waals surface area contributed by atoms with Crippen molar-refractivity contribution in [1.82, 2.24) is 10.6 Å². The molecule has 5 nitrogen and oxygen atoms in total. The van der Waals surface area contributed by atoms with Gasteiger partial charge in [-0.05, 0) is 63.0 Å². The molecule has 1 aromatic carbocycles. The van der Waals surface area contributed by atoms with Crippen molar-refractivity contribution in [2.24, 2.45) is 11.7 Å². The molecule has 29 heavy (non-hydrogen) atoms. The van der Waals surface area contributed by atoms with Crippen LogP contribution in [0.15, 0.2) is 46.7 Å². The summed E-state index contributed by atoms with van der Waals surface area (Å²) >= 11 is 0. The highest BCUT2D eigenvalue weighted by atomic mass is 16.2. The topological polar surface area (TPSA) is 84.2 Å². The second-order valence-corrected chi connectivity index (χ2v) is 8.49. The molecule has 1 saturated heterocycles. The van der Waals surface area contributed by atoms with Crippen LogP contribution in [0.4, 0.5) is 0 Å². The van der Waals surface area contributed by atoms with Gasteiger partial charge in [0.2, 0.25) is 5.91 Å². The van der Waals surface area contributed by atoms with Crippen LogP contribution in [0.3, 0.4) is 0 Å². The molecule has 2 atom stereocenters. The molecule has 0 aromatic heterocycles. The van der Waals surface area contributed by atoms with E-state index >= 15 is 0 Å². The number of nitrogens with one attached hydrogen (secondary N) is 2. The second-order valence-electron chi connectivity index (χ2n) is 8.49. The summed E-state index contributed by atoms with van der Waals surface area (Å²) in [5.41, 5.74) is 12.3. The zero-order chi connectivity index (χ0) is 21.0. The first-order valence-electron chi connectivity index (χ1n) is 10.7. The quantitative estimate of drug-likeness (QED) is 0.617. The maximum absolute atomic E-state index is 13.1. The van der Waals surface area contributed by atoms with Crippen molar-refractivity contribution >= 4 is 11.8 Å². The number of nitrogens with two attached hydrogens (primary N) is 1. The van der Waals surface area contributed by atoms with Gasteiger partial charge < -0.3 is 16.4 Å². The molecule has 156 valence electrons. The van der Waals surface area contributed by atoms with Gasteiger partial charge in [0, 0.05) is 30.3 Å². The van der Waals surface area contributed by atoms with Crippen LogP contribution in [0.25, 0.3) is 0 Å². The van der Waals surface area contributed by atoms with Crippen LogP contribution in [0.5, 0.6) is 0 Å². The largest absolute Gasteiger partial charge is 0.402 e. The first-order chi connectivity index (χ1) is 13.9. The third-order valence-electron chi connectivity index (χ3n) is 6.15. The summed E-state index contributed by atoms with van der Waals surface area (Å²) in [6, 6.07) is 8.44. The average Bonchev–Trinajstić information content (AvgIpc) is 3.26. The lowest BCUT2D eigenvalue weighted by Gasteiger charge is -2.17. The lowest BCUT2D eigenvalue weighted by Crippen LogP contribution is -2.28. The SMILES string of the molecule is CCC(C)=C(C(=O)NCc1ccc(C)cc1)C1=C(N)CC(CC2CCC(=O)N2)C1. The number of carbonyl (C=O) groups excluding carboxylic acids is 2. The van der Waals surface area contributed by atoms with E-state index in [1.165, 1.54) is 5.56 Å². The summed E-state index contributed by atoms with van der Waals surface area (Å²) in [6.45, 7) is 6.65. The molecule has 0 spiro atoms. The zero-order valence-electron chi connectivity index (χ0n) is 17.8. The van der Waals surface area contributed by atoms with E-state index in [0.717, 1.165) is 60.1 Å². The number of amides is 2. The molecule has 0 bridgehead atoms. The maximum Gasteiger partial charge on any atom is 0.251 e. The highest BCUT2D eigenvalue weighted by molar-refractivity contribution is 5.98. The second kappa shape index (κ2) is 9.29. The number of carbonyl (C=O) groups is 2. The van der Waals surface area contributed by atoms with E-state index in [-0.39, 0.29) is 17.9 Å². The third-order valence-corrected chi connectivity index (χ3v) is 6.15. The molecular weight excluding hydrogens is 362 g/mol. The molecule has 2 aliphatic rings. The summed E-state index contributed by atoms with van der Waals surface area (Å²) in [5.74, 6) is 0.489. The van der Waals surface area contributed by atoms with Gasteiger partial charge in [0.25, 0.3) is 5.91 Å². The molecule has 4 N–H and O–H groups in total. The van der Waals surface area contributed by atoms with Crippen molar-refractivity contribution in [3.63, 3.8) is 0 Å². The predicted octanol–water partition coefficient (Wildman–Crippen LogP) is 3.63. The lowest BCUT2D eigenvalue weighted by atomic mass is 9.92. The molecule has 1 aliphatic heterocycles. The smallest absolute Gasteiger partial charge is 0.251 e. The number of hydrogen-bond donors (Lipinski definition) is 3. The fourth-order valence-corrected chi connectivity index (χ4v) is 4.35. The zero-order valence-corrected chi connectivity index (χ0v) is 17.8. The minimum atomic E-state index is -0.0438. The Kier molecular flexibility index (Phi) is 6.78. The van der Waals surface area contributed by atoms with Crippen molar-refractivity contribution in [1.29, 1.82) is 0 Å². The normalized spacial score (nSPS) is 22.5. The van der Waals surface area contributed by atoms with E-state index in [1.54, 1.807) is 0 Å². The number of rotatable bonds is 7. The van der Waals surface area contributed by atoms with Gasteiger partial charge in [0.05, 0.1) is 0 Å². The van der Waals surface area contributed by atoms with Gasteiger partial charge in [-0.15, -0.1) is 0 Å². The van der Waals surface area contributed by atoms with Gasteiger partial charge in [-0.2, -0.15) is 0 Å². The van der Waals surface area contributed by atoms with Crippen molar-refractivity contribution < 1.29 is 9.59 Å². The number of aryl methyl sites for hydroxylation is 1. The van der Waals surface area contributed by atoms with Crippen molar-refractivity contribution in [2.45, 2.75) is 71.9 Å². The maximum atomic E-state index is 13.1. The Morgan fingerprint density at radius 1 is 1.24 bits per heavy atom. The molecule has 3 rings (SSSR count). The Morgan fingerprint density at radius 2 is 1.97 bits per heavy atom. The summed E-state index contributed by atoms with van der Waals surface area (Å²) in [5, 5.41) is 6.13. The molecule has 1 aromatic rings. The fraction of sp³-hybridized carbons (Fsp3) is 0.500. The van der Waals surface area contributed by atoms with E-state index in [1.807, 2.05) is 19.1 Å². The van der Waals surface area contributed by atoms with Gasteiger partial charge >= 0.3 is 0 Å². The molecule has 1 fully saturated rings. The van der Waals surface area contributed by atoms with Crippen LogP contribution < -0.4 is 16.4 Å². The Labute approximate surface area is 173 Å². The Balaban J connectivity index is 1.67. The van der Waals surface area contributed by atoms with E-state index in [0.29, 0.717) is 18.9 Å². The number of hydrogen-bond acceptors (Lipinski definition) is 3. The number of benzene rings is 1. The van der Waals surface area contributed by atoms with Crippen LogP contribution in [0, 0.1) is 12.8 Å². The average molecular weight is 396 g/mol. The van der Waals surface area contributed by atoms with E-state index in [2.05, 4.69) is 36.6 Å². The summed E-state index contributed by atoms with van der Waals surface area (Å²) < 4.78 is 0. The first-order valence-corrected chi connectivity index (χ1v) is 10.7. The van der Waals surface area contributed by atoms with E-state index in [4.69, 9.17) is 5.73 Å². The van der Waals surface area contributed by atoms with Gasteiger partial charge in [0.15, 0.2) is 0 Å². The predicted molar refractivity (Wildman–Crippen MR) is 116 cm³/mol.